The summed E-state index contributed by atoms with van der Waals surface area (Å²) in [6, 6.07) is 4.68. The van der Waals surface area contributed by atoms with Crippen LogP contribution < -0.4 is 5.32 Å². The number of methoxy groups -OCH3 is 1. The molecule has 1 aromatic carbocycles. The number of carbonyl (C=O) groups is 2. The molecule has 0 spiro atoms. The molecule has 1 aliphatic rings. The topological polar surface area (TPSA) is 110 Å². The normalized spacial score (nSPS) is 15.7. The number of aromatic nitrogens is 4. The molecule has 4 rings (SSSR count). The van der Waals surface area contributed by atoms with Gasteiger partial charge in [0.1, 0.15) is 28.7 Å². The van der Waals surface area contributed by atoms with Crippen molar-refractivity contribution in [3.8, 4) is 0 Å². The smallest absolute Gasteiger partial charge is 0.451 e. The summed E-state index contributed by atoms with van der Waals surface area (Å²) in [4.78, 5) is 43.1. The second kappa shape index (κ2) is 12.3. The number of esters is 1. The van der Waals surface area contributed by atoms with Crippen molar-refractivity contribution in [3.05, 3.63) is 76.8 Å². The van der Waals surface area contributed by atoms with Crippen LogP contribution in [0, 0.1) is 18.6 Å². The molecule has 1 atom stereocenters. The van der Waals surface area contributed by atoms with Gasteiger partial charge in [0.05, 0.1) is 19.2 Å². The summed E-state index contributed by atoms with van der Waals surface area (Å²) in [5.41, 5.74) is -0.763. The van der Waals surface area contributed by atoms with Gasteiger partial charge in [-0.1, -0.05) is 6.07 Å². The Bertz CT molecular complexity index is 1440. The zero-order chi connectivity index (χ0) is 30.7. The van der Waals surface area contributed by atoms with Crippen LogP contribution in [-0.4, -0.2) is 63.5 Å². The highest BCUT2D eigenvalue weighted by atomic mass is 19.4. The molecule has 42 heavy (non-hydrogen) atoms. The monoisotopic (exact) mass is 592 g/mol. The lowest BCUT2D eigenvalue weighted by molar-refractivity contribution is -0.147. The number of hydrogen-bond acceptors (Lipinski definition) is 8. The van der Waals surface area contributed by atoms with Crippen LogP contribution in [0.2, 0.25) is 0 Å². The summed E-state index contributed by atoms with van der Waals surface area (Å²) in [6.45, 7) is 3.63. The summed E-state index contributed by atoms with van der Waals surface area (Å²) in [7, 11) is 1.20. The van der Waals surface area contributed by atoms with E-state index in [4.69, 9.17) is 4.74 Å². The average molecular weight is 593 g/mol. The molecule has 0 radical (unpaired) electrons. The molecule has 1 amide bonds. The SMILES string of the molecule is COC(=O)C(C)(CNc1ccnc(C(F)(F)F)n1)c1cnc(C)nc1C1CCN(C(=O)Cc2c(F)cccc2F)CC1. The first-order valence-corrected chi connectivity index (χ1v) is 13.1. The number of benzene rings is 1. The predicted molar refractivity (Wildman–Crippen MR) is 140 cm³/mol. The maximum Gasteiger partial charge on any atom is 0.451 e. The molecule has 14 heteroatoms. The molecule has 0 bridgehead atoms. The van der Waals surface area contributed by atoms with E-state index in [-0.39, 0.29) is 36.9 Å². The van der Waals surface area contributed by atoms with Gasteiger partial charge >= 0.3 is 12.1 Å². The van der Waals surface area contributed by atoms with E-state index in [2.05, 4.69) is 25.3 Å². The Morgan fingerprint density at radius 1 is 1.07 bits per heavy atom. The highest BCUT2D eigenvalue weighted by molar-refractivity contribution is 5.84. The van der Waals surface area contributed by atoms with Crippen LogP contribution in [-0.2, 0) is 32.3 Å². The predicted octanol–water partition coefficient (Wildman–Crippen LogP) is 4.36. The largest absolute Gasteiger partial charge is 0.468 e. The van der Waals surface area contributed by atoms with Crippen molar-refractivity contribution in [2.75, 3.05) is 32.1 Å². The summed E-state index contributed by atoms with van der Waals surface area (Å²) in [5, 5.41) is 2.79. The molecule has 1 aliphatic heterocycles. The van der Waals surface area contributed by atoms with Crippen LogP contribution in [0.1, 0.15) is 54.2 Å². The molecule has 1 saturated heterocycles. The van der Waals surface area contributed by atoms with Crippen molar-refractivity contribution in [1.82, 2.24) is 24.8 Å². The second-order valence-corrected chi connectivity index (χ2v) is 10.2. The van der Waals surface area contributed by atoms with E-state index in [1.165, 1.54) is 30.3 Å². The van der Waals surface area contributed by atoms with Gasteiger partial charge in [0.15, 0.2) is 0 Å². The van der Waals surface area contributed by atoms with Crippen molar-refractivity contribution >= 4 is 17.7 Å². The van der Waals surface area contributed by atoms with Crippen LogP contribution in [0.3, 0.4) is 0 Å². The molecule has 3 aromatic rings. The van der Waals surface area contributed by atoms with Gasteiger partial charge in [-0.2, -0.15) is 13.2 Å². The minimum atomic E-state index is -4.75. The van der Waals surface area contributed by atoms with E-state index in [1.54, 1.807) is 13.8 Å². The minimum Gasteiger partial charge on any atom is -0.468 e. The number of ether oxygens (including phenoxy) is 1. The quantitative estimate of drug-likeness (QED) is 0.304. The third-order valence-corrected chi connectivity index (χ3v) is 7.33. The lowest BCUT2D eigenvalue weighted by Gasteiger charge is -2.35. The van der Waals surface area contributed by atoms with Crippen LogP contribution in [0.15, 0.2) is 36.7 Å². The first-order valence-electron chi connectivity index (χ1n) is 13.1. The van der Waals surface area contributed by atoms with E-state index in [1.807, 2.05) is 0 Å². The fourth-order valence-electron chi connectivity index (χ4n) is 4.95. The van der Waals surface area contributed by atoms with Gasteiger partial charge in [0.2, 0.25) is 11.7 Å². The highest BCUT2D eigenvalue weighted by Gasteiger charge is 2.42. The first kappa shape index (κ1) is 30.7. The Morgan fingerprint density at radius 3 is 2.36 bits per heavy atom. The Hall–Kier alpha value is -4.23. The average Bonchev–Trinajstić information content (AvgIpc) is 2.97. The number of alkyl halides is 3. The number of aryl methyl sites for hydroxylation is 1. The fraction of sp³-hybridized carbons (Fsp3) is 0.429. The first-order chi connectivity index (χ1) is 19.8. The number of hydrogen-bond donors (Lipinski definition) is 1. The third-order valence-electron chi connectivity index (χ3n) is 7.33. The third kappa shape index (κ3) is 6.63. The van der Waals surface area contributed by atoms with Crippen LogP contribution in [0.4, 0.5) is 27.8 Å². The molecule has 1 fully saturated rings. The number of carbonyl (C=O) groups excluding carboxylic acids is 2. The Balaban J connectivity index is 1.55. The van der Waals surface area contributed by atoms with Crippen molar-refractivity contribution in [3.63, 3.8) is 0 Å². The zero-order valence-electron chi connectivity index (χ0n) is 23.1. The molecule has 224 valence electrons. The van der Waals surface area contributed by atoms with E-state index in [9.17, 15) is 31.5 Å². The Kier molecular flexibility index (Phi) is 9.02. The van der Waals surface area contributed by atoms with Crippen LogP contribution >= 0.6 is 0 Å². The van der Waals surface area contributed by atoms with Crippen molar-refractivity contribution in [2.45, 2.75) is 50.6 Å². The van der Waals surface area contributed by atoms with E-state index < -0.39 is 47.3 Å². The zero-order valence-corrected chi connectivity index (χ0v) is 23.1. The Morgan fingerprint density at radius 2 is 1.74 bits per heavy atom. The lowest BCUT2D eigenvalue weighted by Crippen LogP contribution is -2.43. The van der Waals surface area contributed by atoms with Crippen LogP contribution in [0.25, 0.3) is 0 Å². The van der Waals surface area contributed by atoms with Gasteiger partial charge in [-0.3, -0.25) is 9.59 Å². The maximum atomic E-state index is 14.1. The minimum absolute atomic E-state index is 0.139. The molecule has 1 unspecified atom stereocenters. The summed E-state index contributed by atoms with van der Waals surface area (Å²) < 4.78 is 72.5. The number of likely N-dealkylation sites (tertiary alicyclic amines) is 1. The van der Waals surface area contributed by atoms with Crippen LogP contribution in [0.5, 0.6) is 0 Å². The van der Waals surface area contributed by atoms with E-state index >= 15 is 0 Å². The molecular weight excluding hydrogens is 563 g/mol. The number of halogens is 5. The van der Waals surface area contributed by atoms with Crippen molar-refractivity contribution in [1.29, 1.82) is 0 Å². The summed E-state index contributed by atoms with van der Waals surface area (Å²) >= 11 is 0. The summed E-state index contributed by atoms with van der Waals surface area (Å²) in [6.07, 6.45) is -1.81. The highest BCUT2D eigenvalue weighted by Crippen LogP contribution is 2.36. The number of nitrogens with one attached hydrogen (secondary N) is 1. The molecule has 9 nitrogen and oxygen atoms in total. The summed E-state index contributed by atoms with van der Waals surface area (Å²) in [5.74, 6) is -3.90. The molecule has 3 heterocycles. The van der Waals surface area contributed by atoms with Crippen molar-refractivity contribution < 1.29 is 36.3 Å². The Labute approximate surface area is 238 Å². The maximum absolute atomic E-state index is 14.1. The number of anilines is 1. The number of rotatable bonds is 8. The standard InChI is InChI=1S/C28H29F5N6O3/c1-16-35-14-19(27(2,26(41)42-3)15-36-22-7-10-34-25(38-22)28(31,32)33)24(37-16)17-8-11-39(12-9-17)23(40)13-18-20(29)5-4-6-21(18)30/h4-7,10,14,17H,8-9,11-13,15H2,1-3H3,(H,34,36,38). The van der Waals surface area contributed by atoms with Gasteiger partial charge in [-0.15, -0.1) is 0 Å². The lowest BCUT2D eigenvalue weighted by atomic mass is 9.78. The second-order valence-electron chi connectivity index (χ2n) is 10.2. The van der Waals surface area contributed by atoms with Gasteiger partial charge < -0.3 is 15.0 Å². The molecule has 2 aromatic heterocycles. The molecule has 1 N–H and O–H groups in total. The van der Waals surface area contributed by atoms with Gasteiger partial charge in [-0.05, 0) is 44.9 Å². The number of amides is 1. The molecule has 0 saturated carbocycles. The molecule has 0 aliphatic carbocycles. The number of piperidine rings is 1. The fourth-order valence-corrected chi connectivity index (χ4v) is 4.95. The van der Waals surface area contributed by atoms with E-state index in [0.717, 1.165) is 18.3 Å². The molecular formula is C28H29F5N6O3. The van der Waals surface area contributed by atoms with Crippen molar-refractivity contribution in [2.24, 2.45) is 0 Å². The van der Waals surface area contributed by atoms with E-state index in [0.29, 0.717) is 29.9 Å². The van der Waals surface area contributed by atoms with Gasteiger partial charge in [0, 0.05) is 49.1 Å². The van der Waals surface area contributed by atoms with Gasteiger partial charge in [-0.25, -0.2) is 28.7 Å². The number of nitrogens with zero attached hydrogens (tertiary/aromatic N) is 5. The van der Waals surface area contributed by atoms with Gasteiger partial charge in [0.25, 0.3) is 0 Å².